The molecule has 0 fully saturated rings. The van der Waals surface area contributed by atoms with Crippen molar-refractivity contribution in [2.75, 3.05) is 0 Å². The second-order valence-corrected chi connectivity index (χ2v) is 3.14. The second kappa shape index (κ2) is 6.73. The fourth-order valence-electron chi connectivity index (χ4n) is 0.283. The first-order valence-corrected chi connectivity index (χ1v) is 4.69. The standard InChI is InChI=1S/C5H8O3.H3O4P/c1-4(6)2-3-5(7)8;1-5(2,3)4/h2-3H2,1H3,(H,7,8);(H3,1,2,3,4). The van der Waals surface area contributed by atoms with Gasteiger partial charge in [0.15, 0.2) is 0 Å². The molecule has 0 aromatic heterocycles. The van der Waals surface area contributed by atoms with Crippen LogP contribution < -0.4 is 0 Å². The van der Waals surface area contributed by atoms with Crippen molar-refractivity contribution in [3.05, 3.63) is 0 Å². The molecule has 0 spiro atoms. The lowest BCUT2D eigenvalue weighted by molar-refractivity contribution is -0.138. The number of carboxylic acid groups (broad SMARTS) is 1. The molecular weight excluding hydrogens is 203 g/mol. The van der Waals surface area contributed by atoms with Crippen molar-refractivity contribution in [1.82, 2.24) is 0 Å². The molecule has 0 atom stereocenters. The molecule has 4 N–H and O–H groups in total. The van der Waals surface area contributed by atoms with Crippen molar-refractivity contribution >= 4 is 19.6 Å². The van der Waals surface area contributed by atoms with E-state index in [-0.39, 0.29) is 18.6 Å². The van der Waals surface area contributed by atoms with Gasteiger partial charge in [0.25, 0.3) is 0 Å². The summed E-state index contributed by atoms with van der Waals surface area (Å²) in [5.74, 6) is -0.993. The van der Waals surface area contributed by atoms with Gasteiger partial charge in [0.1, 0.15) is 5.78 Å². The molecule has 0 aromatic rings. The normalized spacial score (nSPS) is 9.85. The number of carboxylic acids is 1. The highest BCUT2D eigenvalue weighted by atomic mass is 31.2. The maximum absolute atomic E-state index is 10.1. The van der Waals surface area contributed by atoms with Crippen molar-refractivity contribution in [2.45, 2.75) is 19.8 Å². The van der Waals surface area contributed by atoms with E-state index < -0.39 is 13.8 Å². The molecular formula is C5H11O7P. The summed E-state index contributed by atoms with van der Waals surface area (Å²) >= 11 is 0. The molecule has 13 heavy (non-hydrogen) atoms. The van der Waals surface area contributed by atoms with Crippen LogP contribution in [0.5, 0.6) is 0 Å². The zero-order valence-corrected chi connectivity index (χ0v) is 7.77. The molecule has 0 amide bonds. The molecule has 0 heterocycles. The number of hydrogen-bond acceptors (Lipinski definition) is 3. The number of phosphoric acid groups is 1. The topological polar surface area (TPSA) is 132 Å². The van der Waals surface area contributed by atoms with Gasteiger partial charge in [-0.05, 0) is 6.92 Å². The molecule has 8 heteroatoms. The number of hydrogen-bond donors (Lipinski definition) is 4. The van der Waals surface area contributed by atoms with Crippen molar-refractivity contribution in [3.63, 3.8) is 0 Å². The Hall–Kier alpha value is -0.750. The minimum atomic E-state index is -4.64. The molecule has 7 nitrogen and oxygen atoms in total. The molecule has 0 aliphatic heterocycles. The number of carbonyl (C=O) groups is 2. The van der Waals surface area contributed by atoms with E-state index in [9.17, 15) is 9.59 Å². The van der Waals surface area contributed by atoms with E-state index in [0.29, 0.717) is 0 Å². The average molecular weight is 214 g/mol. The van der Waals surface area contributed by atoms with E-state index in [1.54, 1.807) is 0 Å². The Labute approximate surface area is 74.3 Å². The molecule has 0 radical (unpaired) electrons. The molecule has 0 saturated heterocycles. The molecule has 0 unspecified atom stereocenters. The third-order valence-electron chi connectivity index (χ3n) is 0.691. The van der Waals surface area contributed by atoms with Crippen LogP contribution in [-0.4, -0.2) is 31.5 Å². The minimum absolute atomic E-state index is 0.0463. The number of ketones is 1. The van der Waals surface area contributed by atoms with Crippen LogP contribution in [0.15, 0.2) is 0 Å². The second-order valence-electron chi connectivity index (χ2n) is 2.11. The molecule has 0 saturated carbocycles. The lowest BCUT2D eigenvalue weighted by Crippen LogP contribution is -1.98. The Balaban J connectivity index is 0. The summed E-state index contributed by atoms with van der Waals surface area (Å²) in [5.41, 5.74) is 0. The summed E-state index contributed by atoms with van der Waals surface area (Å²) in [5, 5.41) is 8.01. The van der Waals surface area contributed by atoms with Gasteiger partial charge >= 0.3 is 13.8 Å². The molecule has 0 bridgehead atoms. The molecule has 0 aromatic carbocycles. The number of aliphatic carboxylic acids is 1. The summed E-state index contributed by atoms with van der Waals surface area (Å²) in [4.78, 5) is 41.4. The Morgan fingerprint density at radius 3 is 1.54 bits per heavy atom. The van der Waals surface area contributed by atoms with Crippen molar-refractivity contribution in [3.8, 4) is 0 Å². The van der Waals surface area contributed by atoms with Crippen molar-refractivity contribution in [1.29, 1.82) is 0 Å². The van der Waals surface area contributed by atoms with E-state index in [4.69, 9.17) is 24.4 Å². The zero-order chi connectivity index (χ0) is 11.1. The summed E-state index contributed by atoms with van der Waals surface area (Å²) in [6, 6.07) is 0. The Morgan fingerprint density at radius 1 is 1.15 bits per heavy atom. The van der Waals surface area contributed by atoms with Gasteiger partial charge in [0.05, 0.1) is 6.42 Å². The number of Topliss-reactive ketones (excluding diaryl/α,β-unsaturated/α-hetero) is 1. The molecule has 0 aliphatic carbocycles. The van der Waals surface area contributed by atoms with E-state index in [0.717, 1.165) is 0 Å². The lowest BCUT2D eigenvalue weighted by atomic mass is 10.2. The largest absolute Gasteiger partial charge is 0.481 e. The van der Waals surface area contributed by atoms with Gasteiger partial charge in [0, 0.05) is 6.42 Å². The molecule has 0 aliphatic rings. The minimum Gasteiger partial charge on any atom is -0.481 e. The molecule has 0 rings (SSSR count). The first-order chi connectivity index (χ1) is 5.63. The maximum Gasteiger partial charge on any atom is 0.466 e. The van der Waals surface area contributed by atoms with Gasteiger partial charge in [-0.2, -0.15) is 0 Å². The SMILES string of the molecule is CC(=O)CCC(=O)O.O=P(O)(O)O. The van der Waals surface area contributed by atoms with Crippen LogP contribution in [0.3, 0.4) is 0 Å². The van der Waals surface area contributed by atoms with E-state index in [2.05, 4.69) is 0 Å². The quantitative estimate of drug-likeness (QED) is 0.466. The summed E-state index contributed by atoms with van der Waals surface area (Å²) in [7, 11) is -4.64. The maximum atomic E-state index is 10.1. The first kappa shape index (κ1) is 14.8. The predicted octanol–water partition coefficient (Wildman–Crippen LogP) is -0.488. The Bertz CT molecular complexity index is 195. The average Bonchev–Trinajstić information content (AvgIpc) is 1.79. The number of rotatable bonds is 3. The Morgan fingerprint density at radius 2 is 1.46 bits per heavy atom. The van der Waals surface area contributed by atoms with E-state index in [1.807, 2.05) is 0 Å². The van der Waals surface area contributed by atoms with E-state index >= 15 is 0 Å². The van der Waals surface area contributed by atoms with Crippen LogP contribution in [0.4, 0.5) is 0 Å². The number of carbonyl (C=O) groups excluding carboxylic acids is 1. The zero-order valence-electron chi connectivity index (χ0n) is 6.88. The third kappa shape index (κ3) is 53.3. The Kier molecular flexibility index (Phi) is 7.64. The highest BCUT2D eigenvalue weighted by Gasteiger charge is 2.00. The van der Waals surface area contributed by atoms with Gasteiger partial charge in [-0.25, -0.2) is 4.57 Å². The monoisotopic (exact) mass is 214 g/mol. The predicted molar refractivity (Wildman–Crippen MR) is 41.8 cm³/mol. The fourth-order valence-corrected chi connectivity index (χ4v) is 0.283. The summed E-state index contributed by atoms with van der Waals surface area (Å²) < 4.78 is 8.88. The van der Waals surface area contributed by atoms with E-state index in [1.165, 1.54) is 6.92 Å². The van der Waals surface area contributed by atoms with Gasteiger partial charge in [-0.1, -0.05) is 0 Å². The highest BCUT2D eigenvalue weighted by Crippen LogP contribution is 2.25. The van der Waals surface area contributed by atoms with Crippen LogP contribution in [0, 0.1) is 0 Å². The lowest BCUT2D eigenvalue weighted by Gasteiger charge is -1.86. The van der Waals surface area contributed by atoms with Gasteiger partial charge in [-0.15, -0.1) is 0 Å². The van der Waals surface area contributed by atoms with Gasteiger partial charge < -0.3 is 24.6 Å². The van der Waals surface area contributed by atoms with Crippen molar-refractivity contribution < 1.29 is 33.9 Å². The smallest absolute Gasteiger partial charge is 0.466 e. The van der Waals surface area contributed by atoms with Gasteiger partial charge in [0.2, 0.25) is 0 Å². The van der Waals surface area contributed by atoms with Crippen LogP contribution in [-0.2, 0) is 14.2 Å². The summed E-state index contributed by atoms with van der Waals surface area (Å²) in [6.07, 6.45) is 0.102. The van der Waals surface area contributed by atoms with Crippen molar-refractivity contribution in [2.24, 2.45) is 0 Å². The summed E-state index contributed by atoms with van der Waals surface area (Å²) in [6.45, 7) is 1.38. The fraction of sp³-hybridized carbons (Fsp3) is 0.600. The van der Waals surface area contributed by atoms with Crippen LogP contribution in [0.1, 0.15) is 19.8 Å². The van der Waals surface area contributed by atoms with Gasteiger partial charge in [-0.3, -0.25) is 4.79 Å². The third-order valence-corrected chi connectivity index (χ3v) is 0.691. The van der Waals surface area contributed by atoms with Crippen LogP contribution in [0.25, 0.3) is 0 Å². The first-order valence-electron chi connectivity index (χ1n) is 3.12. The molecule has 78 valence electrons. The highest BCUT2D eigenvalue weighted by molar-refractivity contribution is 7.45. The van der Waals surface area contributed by atoms with Crippen LogP contribution >= 0.6 is 7.82 Å². The van der Waals surface area contributed by atoms with Crippen LogP contribution in [0.2, 0.25) is 0 Å².